The highest BCUT2D eigenvalue weighted by atomic mass is 32.1. The lowest BCUT2D eigenvalue weighted by Gasteiger charge is -2.27. The predicted octanol–water partition coefficient (Wildman–Crippen LogP) is 5.04. The van der Waals surface area contributed by atoms with Crippen molar-refractivity contribution in [2.75, 3.05) is 6.54 Å². The lowest BCUT2D eigenvalue weighted by atomic mass is 9.85. The molecule has 0 radical (unpaired) electrons. The van der Waals surface area contributed by atoms with Crippen LogP contribution in [0.4, 0.5) is 9.18 Å². The third kappa shape index (κ3) is 5.12. The number of unbranched alkanes of at least 4 members (excludes halogenated alkanes) is 1. The van der Waals surface area contributed by atoms with E-state index in [1.807, 2.05) is 55.6 Å². The molecule has 0 saturated carbocycles. The highest BCUT2D eigenvalue weighted by molar-refractivity contribution is 7.10. The van der Waals surface area contributed by atoms with Gasteiger partial charge in [-0.1, -0.05) is 67.8 Å². The molecule has 4 amide bonds. The van der Waals surface area contributed by atoms with Gasteiger partial charge in [0.1, 0.15) is 17.9 Å². The van der Waals surface area contributed by atoms with Crippen molar-refractivity contribution in [2.24, 2.45) is 0 Å². The van der Waals surface area contributed by atoms with Crippen LogP contribution in [0.3, 0.4) is 0 Å². The Morgan fingerprint density at radius 3 is 2.46 bits per heavy atom. The highest BCUT2D eigenvalue weighted by Gasteiger charge is 2.52. The number of nitrogens with zero attached hydrogens (tertiary/aromatic N) is 1. The van der Waals surface area contributed by atoms with Crippen LogP contribution in [-0.4, -0.2) is 29.3 Å². The number of urea groups is 1. The van der Waals surface area contributed by atoms with Crippen molar-refractivity contribution in [3.8, 4) is 0 Å². The van der Waals surface area contributed by atoms with Crippen molar-refractivity contribution in [1.82, 2.24) is 15.5 Å². The minimum Gasteiger partial charge on any atom is -0.343 e. The number of benzene rings is 2. The molecule has 1 aromatic heterocycles. The van der Waals surface area contributed by atoms with Crippen molar-refractivity contribution < 1.29 is 18.8 Å². The van der Waals surface area contributed by atoms with Crippen LogP contribution >= 0.6 is 11.3 Å². The Balaban J connectivity index is 1.56. The third-order valence-electron chi connectivity index (χ3n) is 6.26. The Morgan fingerprint density at radius 2 is 1.83 bits per heavy atom. The van der Waals surface area contributed by atoms with Crippen LogP contribution in [0.25, 0.3) is 0 Å². The van der Waals surface area contributed by atoms with Gasteiger partial charge >= 0.3 is 6.03 Å². The van der Waals surface area contributed by atoms with Gasteiger partial charge in [0.15, 0.2) is 0 Å². The Labute approximate surface area is 208 Å². The second-order valence-corrected chi connectivity index (χ2v) is 9.74. The smallest absolute Gasteiger partial charge is 0.325 e. The van der Waals surface area contributed by atoms with Gasteiger partial charge in [0.25, 0.3) is 5.91 Å². The third-order valence-corrected chi connectivity index (χ3v) is 7.20. The highest BCUT2D eigenvalue weighted by Crippen LogP contribution is 2.34. The first kappa shape index (κ1) is 24.6. The fourth-order valence-corrected chi connectivity index (χ4v) is 5.14. The summed E-state index contributed by atoms with van der Waals surface area (Å²) in [6, 6.07) is 16.2. The van der Waals surface area contributed by atoms with E-state index in [1.54, 1.807) is 0 Å². The number of halogens is 1. The maximum atomic E-state index is 13.6. The number of imide groups is 1. The number of aryl methyl sites for hydroxylation is 1. The van der Waals surface area contributed by atoms with E-state index in [0.717, 1.165) is 27.3 Å². The molecule has 2 aromatic carbocycles. The van der Waals surface area contributed by atoms with E-state index >= 15 is 0 Å². The summed E-state index contributed by atoms with van der Waals surface area (Å²) in [4.78, 5) is 41.5. The summed E-state index contributed by atoms with van der Waals surface area (Å²) in [6.07, 6.45) is 1.85. The molecule has 8 heteroatoms. The monoisotopic (exact) mass is 493 g/mol. The lowest BCUT2D eigenvalue weighted by molar-refractivity contribution is -0.135. The van der Waals surface area contributed by atoms with Gasteiger partial charge in [-0.25, -0.2) is 9.18 Å². The Bertz CT molecular complexity index is 1200. The molecule has 1 aliphatic heterocycles. The molecule has 2 N–H and O–H groups in total. The number of thiophene rings is 1. The number of amides is 4. The zero-order chi connectivity index (χ0) is 25.0. The molecule has 6 nitrogen and oxygen atoms in total. The summed E-state index contributed by atoms with van der Waals surface area (Å²) >= 11 is 1.52. The number of nitrogens with one attached hydrogen (secondary N) is 2. The minimum absolute atomic E-state index is 0.360. The second kappa shape index (κ2) is 10.4. The molecule has 3 aromatic rings. The van der Waals surface area contributed by atoms with Gasteiger partial charge in [-0.05, 0) is 48.1 Å². The average molecular weight is 494 g/mol. The van der Waals surface area contributed by atoms with E-state index in [4.69, 9.17) is 0 Å². The molecule has 0 spiro atoms. The molecule has 0 aliphatic carbocycles. The van der Waals surface area contributed by atoms with Gasteiger partial charge < -0.3 is 10.6 Å². The van der Waals surface area contributed by atoms with Gasteiger partial charge in [0.05, 0.1) is 6.04 Å². The van der Waals surface area contributed by atoms with Crippen LogP contribution in [-0.2, 0) is 15.1 Å². The standard InChI is InChI=1S/C27H28FN3O3S/c1-3-4-15-27(20-11-13-21(28)14-12-20)25(33)31(26(34)30-27)17-23(32)29-24(22-6-5-16-35-22)19-9-7-18(2)8-10-19/h5-14,16,24H,3-4,15,17H2,1-2H3,(H,29,32)(H,30,34). The maximum Gasteiger partial charge on any atom is 0.325 e. The molecule has 1 fully saturated rings. The van der Waals surface area contributed by atoms with Crippen molar-refractivity contribution in [3.63, 3.8) is 0 Å². The Kier molecular flexibility index (Phi) is 7.31. The van der Waals surface area contributed by atoms with Crippen molar-refractivity contribution in [1.29, 1.82) is 0 Å². The van der Waals surface area contributed by atoms with E-state index in [9.17, 15) is 18.8 Å². The normalized spacial score (nSPS) is 18.4. The van der Waals surface area contributed by atoms with E-state index in [1.165, 1.54) is 35.6 Å². The molecule has 2 unspecified atom stereocenters. The first-order chi connectivity index (χ1) is 16.8. The van der Waals surface area contributed by atoms with E-state index in [-0.39, 0.29) is 0 Å². The fraction of sp³-hybridized carbons (Fsp3) is 0.296. The summed E-state index contributed by atoms with van der Waals surface area (Å²) in [6.45, 7) is 3.57. The molecule has 2 atom stereocenters. The van der Waals surface area contributed by atoms with Gasteiger partial charge in [-0.2, -0.15) is 0 Å². The molecular formula is C27H28FN3O3S. The second-order valence-electron chi connectivity index (χ2n) is 8.76. The van der Waals surface area contributed by atoms with E-state index < -0.39 is 41.8 Å². The van der Waals surface area contributed by atoms with Crippen LogP contribution in [0.15, 0.2) is 66.0 Å². The summed E-state index contributed by atoms with van der Waals surface area (Å²) in [7, 11) is 0. The summed E-state index contributed by atoms with van der Waals surface area (Å²) in [5.41, 5.74) is 1.20. The van der Waals surface area contributed by atoms with Crippen molar-refractivity contribution in [2.45, 2.75) is 44.7 Å². The zero-order valence-corrected chi connectivity index (χ0v) is 20.5. The molecule has 2 heterocycles. The topological polar surface area (TPSA) is 78.5 Å². The van der Waals surface area contributed by atoms with Crippen molar-refractivity contribution in [3.05, 3.63) is 93.4 Å². The van der Waals surface area contributed by atoms with Crippen LogP contribution < -0.4 is 10.6 Å². The molecule has 35 heavy (non-hydrogen) atoms. The van der Waals surface area contributed by atoms with Gasteiger partial charge in [0.2, 0.25) is 5.91 Å². The largest absolute Gasteiger partial charge is 0.343 e. The molecule has 1 aliphatic rings. The molecule has 182 valence electrons. The van der Waals surface area contributed by atoms with E-state index in [2.05, 4.69) is 10.6 Å². The summed E-state index contributed by atoms with van der Waals surface area (Å²) < 4.78 is 13.5. The van der Waals surface area contributed by atoms with Gasteiger partial charge in [-0.15, -0.1) is 11.3 Å². The number of hydrogen-bond donors (Lipinski definition) is 2. The first-order valence-corrected chi connectivity index (χ1v) is 12.5. The van der Waals surface area contributed by atoms with Crippen LogP contribution in [0.2, 0.25) is 0 Å². The summed E-state index contributed by atoms with van der Waals surface area (Å²) in [5.74, 6) is -1.37. The van der Waals surface area contributed by atoms with Crippen LogP contribution in [0, 0.1) is 12.7 Å². The van der Waals surface area contributed by atoms with Crippen molar-refractivity contribution >= 4 is 29.2 Å². The molecular weight excluding hydrogens is 465 g/mol. The number of carbonyl (C=O) groups is 3. The lowest BCUT2D eigenvalue weighted by Crippen LogP contribution is -2.45. The first-order valence-electron chi connectivity index (χ1n) is 11.6. The molecule has 4 rings (SSSR count). The number of carbonyl (C=O) groups excluding carboxylic acids is 3. The minimum atomic E-state index is -1.31. The zero-order valence-electron chi connectivity index (χ0n) is 19.7. The Hall–Kier alpha value is -3.52. The number of rotatable bonds is 9. The molecule has 1 saturated heterocycles. The SMILES string of the molecule is CCCCC1(c2ccc(F)cc2)NC(=O)N(CC(=O)NC(c2ccc(C)cc2)c2cccs2)C1=O. The van der Waals surface area contributed by atoms with E-state index in [0.29, 0.717) is 18.4 Å². The summed E-state index contributed by atoms with van der Waals surface area (Å²) in [5, 5.41) is 7.72. The fourth-order valence-electron chi connectivity index (χ4n) is 4.34. The quantitative estimate of drug-likeness (QED) is 0.410. The predicted molar refractivity (Wildman–Crippen MR) is 133 cm³/mol. The average Bonchev–Trinajstić information content (AvgIpc) is 3.46. The van der Waals surface area contributed by atoms with Crippen LogP contribution in [0.1, 0.15) is 53.8 Å². The Morgan fingerprint density at radius 1 is 1.11 bits per heavy atom. The van der Waals surface area contributed by atoms with Crippen LogP contribution in [0.5, 0.6) is 0 Å². The molecule has 0 bridgehead atoms. The van der Waals surface area contributed by atoms with Gasteiger partial charge in [-0.3, -0.25) is 14.5 Å². The number of hydrogen-bond acceptors (Lipinski definition) is 4. The maximum absolute atomic E-state index is 13.6. The van der Waals surface area contributed by atoms with Gasteiger partial charge in [0, 0.05) is 4.88 Å².